The Kier molecular flexibility index (Phi) is 4.13. The topological polar surface area (TPSA) is 42.8 Å². The zero-order valence-electron chi connectivity index (χ0n) is 14.7. The minimum atomic E-state index is 0.105. The van der Waals surface area contributed by atoms with Gasteiger partial charge in [-0.25, -0.2) is 0 Å². The molecule has 4 nitrogen and oxygen atoms in total. The number of nitrogens with one attached hydrogen (secondary N) is 2. The van der Waals surface area contributed by atoms with E-state index in [1.165, 1.54) is 17.7 Å². The van der Waals surface area contributed by atoms with Crippen LogP contribution in [0.2, 0.25) is 0 Å². The maximum Gasteiger partial charge on any atom is 0.279 e. The molecule has 1 saturated carbocycles. The molecule has 1 saturated heterocycles. The number of anilines is 1. The summed E-state index contributed by atoms with van der Waals surface area (Å²) in [7, 11) is 1.64. The van der Waals surface area contributed by atoms with Crippen LogP contribution >= 0.6 is 0 Å². The average molecular weight is 317 g/mol. The lowest BCUT2D eigenvalue weighted by Gasteiger charge is -2.47. The number of quaternary nitrogens is 1. The molecule has 2 aliphatic rings. The van der Waals surface area contributed by atoms with Gasteiger partial charge in [-0.05, 0) is 42.5 Å². The van der Waals surface area contributed by atoms with Crippen molar-refractivity contribution in [1.29, 1.82) is 0 Å². The zero-order valence-corrected chi connectivity index (χ0v) is 14.7. The Balaban J connectivity index is 1.58. The van der Waals surface area contributed by atoms with E-state index in [4.69, 9.17) is 4.74 Å². The molecule has 0 radical (unpaired) electrons. The van der Waals surface area contributed by atoms with Crippen molar-refractivity contribution in [3.05, 3.63) is 24.3 Å². The molecule has 1 aromatic carbocycles. The second kappa shape index (κ2) is 5.82. The van der Waals surface area contributed by atoms with Crippen molar-refractivity contribution < 1.29 is 14.4 Å². The van der Waals surface area contributed by atoms with Gasteiger partial charge in [0, 0.05) is 17.0 Å². The highest BCUT2D eigenvalue weighted by Gasteiger charge is 2.57. The Labute approximate surface area is 139 Å². The summed E-state index contributed by atoms with van der Waals surface area (Å²) >= 11 is 0. The van der Waals surface area contributed by atoms with E-state index in [0.29, 0.717) is 17.4 Å². The lowest BCUT2D eigenvalue weighted by molar-refractivity contribution is -0.910. The Bertz CT molecular complexity index is 582. The molecule has 3 rings (SSSR count). The predicted octanol–water partition coefficient (Wildman–Crippen LogP) is 1.97. The SMILES string of the molecule is COc1ccc(NC(=O)C[NH+]2C[C@@H]3CC[C@@](C)(C2)C3(C)C)cc1. The maximum absolute atomic E-state index is 12.4. The summed E-state index contributed by atoms with van der Waals surface area (Å²) in [6.07, 6.45) is 2.61. The maximum atomic E-state index is 12.4. The molecule has 126 valence electrons. The lowest BCUT2D eigenvalue weighted by Crippen LogP contribution is -3.16. The number of piperidine rings is 1. The minimum absolute atomic E-state index is 0.105. The second-order valence-corrected chi connectivity index (χ2v) is 8.10. The van der Waals surface area contributed by atoms with Crippen molar-refractivity contribution >= 4 is 11.6 Å². The molecule has 3 atom stereocenters. The Morgan fingerprint density at radius 1 is 1.30 bits per heavy atom. The first kappa shape index (κ1) is 16.3. The van der Waals surface area contributed by atoms with Gasteiger partial charge in [0.05, 0.1) is 20.2 Å². The molecule has 1 amide bonds. The molecule has 2 bridgehead atoms. The Morgan fingerprint density at radius 2 is 2.00 bits per heavy atom. The molecule has 23 heavy (non-hydrogen) atoms. The van der Waals surface area contributed by atoms with Crippen LogP contribution in [0.1, 0.15) is 33.6 Å². The molecular weight excluding hydrogens is 288 g/mol. The van der Waals surface area contributed by atoms with E-state index in [9.17, 15) is 4.79 Å². The monoisotopic (exact) mass is 317 g/mol. The Morgan fingerprint density at radius 3 is 2.61 bits per heavy atom. The highest BCUT2D eigenvalue weighted by Crippen LogP contribution is 2.56. The molecule has 1 aliphatic heterocycles. The Hall–Kier alpha value is -1.55. The summed E-state index contributed by atoms with van der Waals surface area (Å²) in [4.78, 5) is 13.8. The standard InChI is InChI=1S/C19H28N2O2/c1-18(2)14-9-10-19(18,3)13-21(11-14)12-17(22)20-15-5-7-16(23-4)8-6-15/h5-8,14H,9-13H2,1-4H3,(H,20,22)/p+1/t14-,19-/m0/s1. The summed E-state index contributed by atoms with van der Waals surface area (Å²) in [5.74, 6) is 1.65. The number of likely N-dealkylation sites (tertiary alicyclic amines) is 1. The van der Waals surface area contributed by atoms with Crippen molar-refractivity contribution in [2.24, 2.45) is 16.7 Å². The highest BCUT2D eigenvalue weighted by molar-refractivity contribution is 5.91. The van der Waals surface area contributed by atoms with Crippen molar-refractivity contribution in [1.82, 2.24) is 0 Å². The smallest absolute Gasteiger partial charge is 0.279 e. The summed E-state index contributed by atoms with van der Waals surface area (Å²) in [6, 6.07) is 7.51. The number of rotatable bonds is 4. The number of methoxy groups -OCH3 is 1. The van der Waals surface area contributed by atoms with Crippen LogP contribution in [0.5, 0.6) is 5.75 Å². The molecule has 0 spiro atoms. The largest absolute Gasteiger partial charge is 0.497 e. The van der Waals surface area contributed by atoms with Crippen LogP contribution in [0, 0.1) is 16.7 Å². The van der Waals surface area contributed by atoms with Gasteiger partial charge in [-0.2, -0.15) is 0 Å². The van der Waals surface area contributed by atoms with Crippen LogP contribution in [0.25, 0.3) is 0 Å². The summed E-state index contributed by atoms with van der Waals surface area (Å²) in [6.45, 7) is 10.0. The molecule has 1 aromatic rings. The van der Waals surface area contributed by atoms with Gasteiger partial charge in [-0.1, -0.05) is 20.8 Å². The summed E-state index contributed by atoms with van der Waals surface area (Å²) in [5, 5.41) is 3.01. The first-order valence-electron chi connectivity index (χ1n) is 8.61. The van der Waals surface area contributed by atoms with Gasteiger partial charge in [0.2, 0.25) is 0 Å². The van der Waals surface area contributed by atoms with Crippen molar-refractivity contribution in [2.45, 2.75) is 33.6 Å². The van der Waals surface area contributed by atoms with Crippen LogP contribution in [0.3, 0.4) is 0 Å². The lowest BCUT2D eigenvalue weighted by atomic mass is 9.63. The fraction of sp³-hybridized carbons (Fsp3) is 0.632. The van der Waals surface area contributed by atoms with Crippen LogP contribution in [0.4, 0.5) is 5.69 Å². The van der Waals surface area contributed by atoms with Gasteiger partial charge in [0.15, 0.2) is 6.54 Å². The zero-order chi connectivity index (χ0) is 16.7. The number of amides is 1. The number of fused-ring (bicyclic) bond motifs is 2. The second-order valence-electron chi connectivity index (χ2n) is 8.10. The van der Waals surface area contributed by atoms with Gasteiger partial charge in [0.25, 0.3) is 5.91 Å². The van der Waals surface area contributed by atoms with E-state index >= 15 is 0 Å². The van der Waals surface area contributed by atoms with Gasteiger partial charge in [-0.3, -0.25) is 4.79 Å². The van der Waals surface area contributed by atoms with Crippen molar-refractivity contribution in [3.63, 3.8) is 0 Å². The van der Waals surface area contributed by atoms with E-state index in [1.807, 2.05) is 24.3 Å². The van der Waals surface area contributed by atoms with E-state index in [1.54, 1.807) is 7.11 Å². The third kappa shape index (κ3) is 2.97. The highest BCUT2D eigenvalue weighted by atomic mass is 16.5. The van der Waals surface area contributed by atoms with E-state index < -0.39 is 0 Å². The van der Waals surface area contributed by atoms with E-state index in [0.717, 1.165) is 30.4 Å². The molecular formula is C19H29N2O2+. The first-order valence-corrected chi connectivity index (χ1v) is 8.61. The van der Waals surface area contributed by atoms with E-state index in [-0.39, 0.29) is 5.91 Å². The molecule has 0 aromatic heterocycles. The number of carbonyl (C=O) groups is 1. The minimum Gasteiger partial charge on any atom is -0.497 e. The van der Waals surface area contributed by atoms with Gasteiger partial charge in [0.1, 0.15) is 5.75 Å². The number of ether oxygens (including phenoxy) is 1. The van der Waals surface area contributed by atoms with Crippen LogP contribution in [0.15, 0.2) is 24.3 Å². The van der Waals surface area contributed by atoms with Crippen molar-refractivity contribution in [3.8, 4) is 5.75 Å². The van der Waals surface area contributed by atoms with Crippen LogP contribution in [-0.2, 0) is 4.79 Å². The quantitative estimate of drug-likeness (QED) is 0.892. The molecule has 1 unspecified atom stereocenters. The molecule has 1 heterocycles. The molecule has 2 N–H and O–H groups in total. The van der Waals surface area contributed by atoms with Crippen LogP contribution in [-0.4, -0.2) is 32.7 Å². The fourth-order valence-electron chi connectivity index (χ4n) is 4.56. The van der Waals surface area contributed by atoms with Gasteiger partial charge >= 0.3 is 0 Å². The number of carbonyl (C=O) groups excluding carboxylic acids is 1. The summed E-state index contributed by atoms with van der Waals surface area (Å²) < 4.78 is 5.14. The number of benzene rings is 1. The molecule has 1 aliphatic carbocycles. The van der Waals surface area contributed by atoms with Crippen LogP contribution < -0.4 is 15.0 Å². The molecule has 2 fully saturated rings. The van der Waals surface area contributed by atoms with Gasteiger partial charge in [-0.15, -0.1) is 0 Å². The van der Waals surface area contributed by atoms with E-state index in [2.05, 4.69) is 26.1 Å². The van der Waals surface area contributed by atoms with Crippen molar-refractivity contribution in [2.75, 3.05) is 32.1 Å². The third-order valence-electron chi connectivity index (χ3n) is 6.58. The third-order valence-corrected chi connectivity index (χ3v) is 6.58. The first-order chi connectivity index (χ1) is 10.8. The van der Waals surface area contributed by atoms with Gasteiger partial charge < -0.3 is 15.0 Å². The molecule has 4 heteroatoms. The predicted molar refractivity (Wildman–Crippen MR) is 91.8 cm³/mol. The fourth-order valence-corrected chi connectivity index (χ4v) is 4.56. The summed E-state index contributed by atoms with van der Waals surface area (Å²) in [5.41, 5.74) is 1.61. The average Bonchev–Trinajstić information content (AvgIpc) is 2.64. The number of hydrogen-bond acceptors (Lipinski definition) is 2. The normalized spacial score (nSPS) is 31.7. The number of hydrogen-bond donors (Lipinski definition) is 2.